The number of rotatable bonds is 3. The minimum Gasteiger partial charge on any atom is -0.386 e. The van der Waals surface area contributed by atoms with Crippen molar-refractivity contribution in [3.05, 3.63) is 75.1 Å². The van der Waals surface area contributed by atoms with E-state index in [1.54, 1.807) is 12.3 Å². The van der Waals surface area contributed by atoms with Crippen LogP contribution in [0, 0.1) is 5.82 Å². The van der Waals surface area contributed by atoms with Crippen molar-refractivity contribution in [2.24, 2.45) is 10.7 Å². The zero-order chi connectivity index (χ0) is 19.9. The second kappa shape index (κ2) is 7.32. The van der Waals surface area contributed by atoms with E-state index in [0.717, 1.165) is 22.0 Å². The van der Waals surface area contributed by atoms with Crippen LogP contribution in [0.3, 0.4) is 0 Å². The number of hydrogen-bond acceptors (Lipinski definition) is 4. The molecule has 4 rings (SSSR count). The molecule has 2 heterocycles. The van der Waals surface area contributed by atoms with Crippen molar-refractivity contribution in [1.82, 2.24) is 4.98 Å². The number of hydrogen-bond donors (Lipinski definition) is 1. The Hall–Kier alpha value is -2.21. The summed E-state index contributed by atoms with van der Waals surface area (Å²) < 4.78 is 20.1. The first-order valence-electron chi connectivity index (χ1n) is 8.78. The molecule has 0 spiro atoms. The van der Waals surface area contributed by atoms with E-state index in [1.165, 1.54) is 6.07 Å². The SMILES string of the molecule is C[C@@]1(c2cc(Cc3cc(Cl)cc4cc(Cl)cnc34)ccc2F)COCC(N)=N1. The molecule has 3 aromatic rings. The smallest absolute Gasteiger partial charge is 0.128 e. The topological polar surface area (TPSA) is 60.5 Å². The van der Waals surface area contributed by atoms with E-state index in [-0.39, 0.29) is 19.0 Å². The zero-order valence-corrected chi connectivity index (χ0v) is 16.7. The Kier molecular flexibility index (Phi) is 5.00. The predicted molar refractivity (Wildman–Crippen MR) is 111 cm³/mol. The van der Waals surface area contributed by atoms with Gasteiger partial charge < -0.3 is 10.5 Å². The standard InChI is InChI=1S/C21H18Cl2FN3O/c1-21(11-28-10-19(25)27-21)17-5-12(2-3-18(17)24)4-13-6-15(22)7-14-8-16(23)9-26-20(13)14/h2-3,5-9H,4,10-11H2,1H3,(H2,25,27)/t21-/m0/s1. The van der Waals surface area contributed by atoms with Crippen LogP contribution >= 0.6 is 23.2 Å². The molecule has 0 saturated carbocycles. The summed E-state index contributed by atoms with van der Waals surface area (Å²) in [7, 11) is 0. The van der Waals surface area contributed by atoms with Gasteiger partial charge in [-0.15, -0.1) is 0 Å². The Balaban J connectivity index is 1.76. The van der Waals surface area contributed by atoms with Crippen LogP contribution in [0.2, 0.25) is 10.0 Å². The fourth-order valence-corrected chi connectivity index (χ4v) is 4.00. The zero-order valence-electron chi connectivity index (χ0n) is 15.2. The first-order valence-corrected chi connectivity index (χ1v) is 9.54. The van der Waals surface area contributed by atoms with Crippen LogP contribution < -0.4 is 5.73 Å². The molecule has 0 aliphatic carbocycles. The summed E-state index contributed by atoms with van der Waals surface area (Å²) in [4.78, 5) is 8.90. The molecular formula is C21H18Cl2FN3O. The molecule has 0 saturated heterocycles. The number of amidine groups is 1. The molecule has 1 atom stereocenters. The summed E-state index contributed by atoms with van der Waals surface area (Å²) in [6.45, 7) is 2.35. The summed E-state index contributed by atoms with van der Waals surface area (Å²) in [6.07, 6.45) is 2.14. The van der Waals surface area contributed by atoms with Crippen LogP contribution in [-0.4, -0.2) is 24.0 Å². The molecule has 1 aromatic heterocycles. The second-order valence-corrected chi connectivity index (χ2v) is 8.02. The largest absolute Gasteiger partial charge is 0.386 e. The van der Waals surface area contributed by atoms with Crippen LogP contribution in [0.1, 0.15) is 23.6 Å². The van der Waals surface area contributed by atoms with Gasteiger partial charge in [0.25, 0.3) is 0 Å². The van der Waals surface area contributed by atoms with Crippen LogP contribution in [0.5, 0.6) is 0 Å². The lowest BCUT2D eigenvalue weighted by Crippen LogP contribution is -2.38. The van der Waals surface area contributed by atoms with Gasteiger partial charge in [-0.1, -0.05) is 35.3 Å². The highest BCUT2D eigenvalue weighted by atomic mass is 35.5. The molecule has 2 N–H and O–H groups in total. The van der Waals surface area contributed by atoms with E-state index < -0.39 is 5.54 Å². The highest BCUT2D eigenvalue weighted by Crippen LogP contribution is 2.32. The van der Waals surface area contributed by atoms with Gasteiger partial charge in [0, 0.05) is 22.2 Å². The van der Waals surface area contributed by atoms with E-state index in [9.17, 15) is 4.39 Å². The molecule has 1 aliphatic heterocycles. The first-order chi connectivity index (χ1) is 13.3. The van der Waals surface area contributed by atoms with Gasteiger partial charge >= 0.3 is 0 Å². The van der Waals surface area contributed by atoms with Gasteiger partial charge in [-0.2, -0.15) is 0 Å². The summed E-state index contributed by atoms with van der Waals surface area (Å²) >= 11 is 12.3. The van der Waals surface area contributed by atoms with E-state index in [1.807, 2.05) is 31.2 Å². The molecule has 7 heteroatoms. The fraction of sp³-hybridized carbons (Fsp3) is 0.238. The summed E-state index contributed by atoms with van der Waals surface area (Å²) in [5.41, 5.74) is 8.08. The van der Waals surface area contributed by atoms with Gasteiger partial charge in [0.2, 0.25) is 0 Å². The monoisotopic (exact) mass is 417 g/mol. The molecule has 0 radical (unpaired) electrons. The molecule has 2 aromatic carbocycles. The summed E-state index contributed by atoms with van der Waals surface area (Å²) in [5, 5.41) is 2.01. The third kappa shape index (κ3) is 3.70. The Morgan fingerprint density at radius 1 is 1.18 bits per heavy atom. The number of pyridine rings is 1. The number of aliphatic imine (C=N–C) groups is 1. The molecule has 0 fully saturated rings. The average molecular weight is 418 g/mol. The van der Waals surface area contributed by atoms with Gasteiger partial charge in [-0.3, -0.25) is 9.98 Å². The van der Waals surface area contributed by atoms with Crippen LogP contribution in [0.15, 0.2) is 47.6 Å². The number of aromatic nitrogens is 1. The summed E-state index contributed by atoms with van der Waals surface area (Å²) in [6, 6.07) is 10.5. The molecule has 0 bridgehead atoms. The Morgan fingerprint density at radius 2 is 1.96 bits per heavy atom. The van der Waals surface area contributed by atoms with E-state index in [4.69, 9.17) is 33.7 Å². The molecule has 0 unspecified atom stereocenters. The second-order valence-electron chi connectivity index (χ2n) is 7.15. The highest BCUT2D eigenvalue weighted by molar-refractivity contribution is 6.32. The third-order valence-electron chi connectivity index (χ3n) is 4.82. The van der Waals surface area contributed by atoms with Crippen molar-refractivity contribution < 1.29 is 9.13 Å². The van der Waals surface area contributed by atoms with Crippen molar-refractivity contribution in [3.8, 4) is 0 Å². The average Bonchev–Trinajstić information content (AvgIpc) is 2.62. The van der Waals surface area contributed by atoms with Crippen molar-refractivity contribution in [2.75, 3.05) is 13.2 Å². The molecular weight excluding hydrogens is 400 g/mol. The third-order valence-corrected chi connectivity index (χ3v) is 5.25. The normalized spacial score (nSPS) is 19.6. The Morgan fingerprint density at radius 3 is 2.75 bits per heavy atom. The maximum atomic E-state index is 14.6. The molecule has 28 heavy (non-hydrogen) atoms. The highest BCUT2D eigenvalue weighted by Gasteiger charge is 2.32. The van der Waals surface area contributed by atoms with Crippen molar-refractivity contribution in [1.29, 1.82) is 0 Å². The molecule has 4 nitrogen and oxygen atoms in total. The van der Waals surface area contributed by atoms with Crippen molar-refractivity contribution >= 4 is 39.9 Å². The van der Waals surface area contributed by atoms with Gasteiger partial charge in [0.05, 0.1) is 17.1 Å². The minimum absolute atomic E-state index is 0.264. The Labute approximate surface area is 172 Å². The van der Waals surface area contributed by atoms with Gasteiger partial charge in [0.15, 0.2) is 0 Å². The lowest BCUT2D eigenvalue weighted by Gasteiger charge is -2.30. The number of nitrogens with two attached hydrogens (primary N) is 1. The molecule has 0 amide bonds. The lowest BCUT2D eigenvalue weighted by atomic mass is 9.89. The number of halogens is 3. The predicted octanol–water partition coefficient (Wildman–Crippen LogP) is 4.87. The van der Waals surface area contributed by atoms with Crippen LogP contribution in [0.25, 0.3) is 10.9 Å². The van der Waals surface area contributed by atoms with E-state index in [0.29, 0.717) is 27.9 Å². The minimum atomic E-state index is -0.857. The number of benzene rings is 2. The first kappa shape index (κ1) is 19.1. The van der Waals surface area contributed by atoms with Crippen molar-refractivity contribution in [2.45, 2.75) is 18.9 Å². The quantitative estimate of drug-likeness (QED) is 0.660. The lowest BCUT2D eigenvalue weighted by molar-refractivity contribution is 0.104. The molecule has 1 aliphatic rings. The maximum Gasteiger partial charge on any atom is 0.128 e. The number of ether oxygens (including phenoxy) is 1. The maximum absolute atomic E-state index is 14.6. The molecule has 144 valence electrons. The number of nitrogens with zero attached hydrogens (tertiary/aromatic N) is 2. The van der Waals surface area contributed by atoms with Gasteiger partial charge in [0.1, 0.15) is 23.8 Å². The van der Waals surface area contributed by atoms with Gasteiger partial charge in [-0.05, 0) is 48.7 Å². The van der Waals surface area contributed by atoms with E-state index in [2.05, 4.69) is 9.98 Å². The summed E-state index contributed by atoms with van der Waals surface area (Å²) in [5.74, 6) is 0.0228. The van der Waals surface area contributed by atoms with Gasteiger partial charge in [-0.25, -0.2) is 4.39 Å². The van der Waals surface area contributed by atoms with Crippen LogP contribution in [-0.2, 0) is 16.7 Å². The fourth-order valence-electron chi connectivity index (χ4n) is 3.58. The van der Waals surface area contributed by atoms with Crippen LogP contribution in [0.4, 0.5) is 4.39 Å². The van der Waals surface area contributed by atoms with E-state index >= 15 is 0 Å². The Bertz CT molecular complexity index is 1100. The number of fused-ring (bicyclic) bond motifs is 1. The van der Waals surface area contributed by atoms with Crippen molar-refractivity contribution in [3.63, 3.8) is 0 Å².